The normalized spacial score (nSPS) is 10.9. The van der Waals surface area contributed by atoms with E-state index < -0.39 is 31.1 Å². The second-order valence-electron chi connectivity index (χ2n) is 1.98. The van der Waals surface area contributed by atoms with Crippen molar-refractivity contribution in [3.63, 3.8) is 0 Å². The average molecular weight is 192 g/mol. The summed E-state index contributed by atoms with van der Waals surface area (Å²) < 4.78 is 4.30. The number of ketones is 1. The molecular weight excluding hydrogens is 180 g/mol. The molecule has 6 heteroatoms. The van der Waals surface area contributed by atoms with E-state index in [2.05, 4.69) is 11.3 Å². The molecule has 4 N–H and O–H groups in total. The van der Waals surface area contributed by atoms with Crippen LogP contribution >= 0.6 is 0 Å². The van der Waals surface area contributed by atoms with Gasteiger partial charge < -0.3 is 20.4 Å². The number of carbonyl (C=O) groups excluding carboxylic acids is 2. The fourth-order valence-electron chi connectivity index (χ4n) is 0.399. The molecule has 0 radical (unpaired) electrons. The molecule has 0 bridgehead atoms. The molecule has 0 fully saturated rings. The van der Waals surface area contributed by atoms with Gasteiger partial charge in [0.1, 0.15) is 6.10 Å². The van der Waals surface area contributed by atoms with E-state index in [1.807, 2.05) is 0 Å². The van der Waals surface area contributed by atoms with Crippen LogP contribution in [-0.2, 0) is 14.3 Å². The van der Waals surface area contributed by atoms with E-state index in [1.165, 1.54) is 0 Å². The van der Waals surface area contributed by atoms with Crippen LogP contribution in [-0.4, -0.2) is 46.8 Å². The Bertz CT molecular complexity index is 187. The Morgan fingerprint density at radius 1 is 1.54 bits per heavy atom. The van der Waals surface area contributed by atoms with Gasteiger partial charge in [0.2, 0.25) is 5.78 Å². The molecule has 0 amide bonds. The van der Waals surface area contributed by atoms with Crippen molar-refractivity contribution in [2.45, 2.75) is 6.10 Å². The van der Waals surface area contributed by atoms with Crippen molar-refractivity contribution >= 4 is 11.8 Å². The Morgan fingerprint density at radius 2 is 2.08 bits per heavy atom. The third-order valence-corrected chi connectivity index (χ3v) is 1.07. The first-order valence-corrected chi connectivity index (χ1v) is 3.22. The minimum absolute atomic E-state index is 0. The molecule has 76 valence electrons. The predicted molar refractivity (Wildman–Crippen MR) is 42.9 cm³/mol. The highest BCUT2D eigenvalue weighted by atomic mass is 16.5. The molecule has 0 aliphatic carbocycles. The summed E-state index contributed by atoms with van der Waals surface area (Å²) in [6.45, 7) is 1.88. The second-order valence-corrected chi connectivity index (χ2v) is 1.98. The van der Waals surface area contributed by atoms with Crippen LogP contribution < -0.4 is 0 Å². The van der Waals surface area contributed by atoms with Gasteiger partial charge in [0, 0.05) is 6.08 Å². The first-order chi connectivity index (χ1) is 5.61. The zero-order valence-corrected chi connectivity index (χ0v) is 6.90. The number of rotatable bonds is 5. The predicted octanol–water partition coefficient (Wildman–Crippen LogP) is -2.19. The molecule has 0 rings (SSSR count). The number of aliphatic hydroxyl groups is 2. The van der Waals surface area contributed by atoms with Crippen molar-refractivity contribution in [3.05, 3.63) is 12.7 Å². The summed E-state index contributed by atoms with van der Waals surface area (Å²) in [7, 11) is 0. The molecule has 0 aromatic heterocycles. The van der Waals surface area contributed by atoms with Gasteiger partial charge in [-0.3, -0.25) is 4.79 Å². The van der Waals surface area contributed by atoms with E-state index >= 15 is 0 Å². The van der Waals surface area contributed by atoms with E-state index in [1.54, 1.807) is 0 Å². The maximum atomic E-state index is 10.7. The van der Waals surface area contributed by atoms with Crippen LogP contribution in [0.2, 0.25) is 0 Å². The smallest absolute Gasteiger partial charge is 0.330 e. The van der Waals surface area contributed by atoms with Crippen molar-refractivity contribution < 1.29 is 30.0 Å². The third-order valence-electron chi connectivity index (χ3n) is 1.07. The molecule has 0 aliphatic heterocycles. The number of Topliss-reactive ketones (excluding diaryl/α,β-unsaturated/α-hetero) is 1. The molecule has 0 aromatic carbocycles. The Hall–Kier alpha value is -1.24. The highest BCUT2D eigenvalue weighted by Crippen LogP contribution is 1.87. The Kier molecular flexibility index (Phi) is 8.15. The number of carbonyl (C=O) groups is 2. The standard InChI is InChI=1S/C7H10O5.H2O/c1-2-7(11)12-4-6(10)5(9)3-8;/h2,5,8-9H,1,3-4H2;1H2. The minimum atomic E-state index is -1.48. The van der Waals surface area contributed by atoms with Gasteiger partial charge in [0.05, 0.1) is 6.61 Å². The lowest BCUT2D eigenvalue weighted by atomic mass is 10.2. The lowest BCUT2D eigenvalue weighted by Gasteiger charge is -2.04. The fraction of sp³-hybridized carbons (Fsp3) is 0.429. The maximum absolute atomic E-state index is 10.7. The summed E-state index contributed by atoms with van der Waals surface area (Å²) in [6, 6.07) is 0. The molecule has 0 aliphatic rings. The van der Waals surface area contributed by atoms with E-state index in [-0.39, 0.29) is 5.48 Å². The number of hydrogen-bond donors (Lipinski definition) is 2. The third kappa shape index (κ3) is 5.97. The van der Waals surface area contributed by atoms with Crippen molar-refractivity contribution in [1.29, 1.82) is 0 Å². The lowest BCUT2D eigenvalue weighted by Crippen LogP contribution is -2.28. The summed E-state index contributed by atoms with van der Waals surface area (Å²) in [5.74, 6) is -1.49. The SMILES string of the molecule is C=CC(=O)OCC(=O)C(O)CO.O. The van der Waals surface area contributed by atoms with Crippen molar-refractivity contribution in [2.24, 2.45) is 0 Å². The zero-order chi connectivity index (χ0) is 9.56. The molecule has 1 unspecified atom stereocenters. The number of hydrogen-bond acceptors (Lipinski definition) is 5. The van der Waals surface area contributed by atoms with Crippen molar-refractivity contribution in [2.75, 3.05) is 13.2 Å². The molecular formula is C7H12O6. The first-order valence-electron chi connectivity index (χ1n) is 3.22. The van der Waals surface area contributed by atoms with Crippen LogP contribution in [0.5, 0.6) is 0 Å². The van der Waals surface area contributed by atoms with Gasteiger partial charge in [-0.25, -0.2) is 4.79 Å². The average Bonchev–Trinajstić information content (AvgIpc) is 2.11. The largest absolute Gasteiger partial charge is 0.454 e. The molecule has 0 aromatic rings. The summed E-state index contributed by atoms with van der Waals surface area (Å²) in [5.41, 5.74) is 0. The molecule has 6 nitrogen and oxygen atoms in total. The van der Waals surface area contributed by atoms with Crippen LogP contribution in [0.1, 0.15) is 0 Å². The van der Waals surface area contributed by atoms with E-state index in [0.717, 1.165) is 6.08 Å². The van der Waals surface area contributed by atoms with E-state index in [0.29, 0.717) is 0 Å². The number of esters is 1. The molecule has 0 heterocycles. The van der Waals surface area contributed by atoms with Crippen molar-refractivity contribution in [1.82, 2.24) is 0 Å². The number of aliphatic hydroxyl groups excluding tert-OH is 2. The van der Waals surface area contributed by atoms with Crippen LogP contribution in [0.3, 0.4) is 0 Å². The summed E-state index contributed by atoms with van der Waals surface area (Å²) in [4.78, 5) is 21.1. The Labute approximate surface area is 74.7 Å². The molecule has 1 atom stereocenters. The van der Waals surface area contributed by atoms with E-state index in [9.17, 15) is 9.59 Å². The highest BCUT2D eigenvalue weighted by molar-refractivity contribution is 5.88. The first kappa shape index (κ1) is 14.3. The van der Waals surface area contributed by atoms with Gasteiger partial charge in [-0.2, -0.15) is 0 Å². The van der Waals surface area contributed by atoms with Gasteiger partial charge >= 0.3 is 5.97 Å². The molecule has 0 saturated carbocycles. The van der Waals surface area contributed by atoms with Gasteiger partial charge in [-0.15, -0.1) is 0 Å². The Balaban J connectivity index is 0. The monoisotopic (exact) mass is 192 g/mol. The topological polar surface area (TPSA) is 115 Å². The molecule has 13 heavy (non-hydrogen) atoms. The maximum Gasteiger partial charge on any atom is 0.330 e. The van der Waals surface area contributed by atoms with Crippen LogP contribution in [0.15, 0.2) is 12.7 Å². The zero-order valence-electron chi connectivity index (χ0n) is 6.90. The Morgan fingerprint density at radius 3 is 2.46 bits per heavy atom. The van der Waals surface area contributed by atoms with Gasteiger partial charge in [-0.05, 0) is 0 Å². The van der Waals surface area contributed by atoms with Gasteiger partial charge in [0.25, 0.3) is 0 Å². The van der Waals surface area contributed by atoms with Crippen LogP contribution in [0.4, 0.5) is 0 Å². The fourth-order valence-corrected chi connectivity index (χ4v) is 0.399. The lowest BCUT2D eigenvalue weighted by molar-refractivity contribution is -0.146. The molecule has 0 spiro atoms. The summed E-state index contributed by atoms with van der Waals surface area (Å²) in [6.07, 6.45) is -0.582. The summed E-state index contributed by atoms with van der Waals surface area (Å²) >= 11 is 0. The highest BCUT2D eigenvalue weighted by Gasteiger charge is 2.14. The number of ether oxygens (including phenoxy) is 1. The van der Waals surface area contributed by atoms with E-state index in [4.69, 9.17) is 10.2 Å². The second kappa shape index (κ2) is 7.41. The van der Waals surface area contributed by atoms with Gasteiger partial charge in [-0.1, -0.05) is 6.58 Å². The van der Waals surface area contributed by atoms with Gasteiger partial charge in [0.15, 0.2) is 6.61 Å². The minimum Gasteiger partial charge on any atom is -0.454 e. The van der Waals surface area contributed by atoms with Crippen LogP contribution in [0.25, 0.3) is 0 Å². The van der Waals surface area contributed by atoms with Crippen LogP contribution in [0, 0.1) is 0 Å². The quantitative estimate of drug-likeness (QED) is 0.379. The summed E-state index contributed by atoms with van der Waals surface area (Å²) in [5, 5.41) is 17.0. The van der Waals surface area contributed by atoms with Crippen molar-refractivity contribution in [3.8, 4) is 0 Å². The molecule has 0 saturated heterocycles.